The molecule has 94 valence electrons. The van der Waals surface area contributed by atoms with E-state index in [-0.39, 0.29) is 18.5 Å². The number of benzene rings is 1. The van der Waals surface area contributed by atoms with E-state index in [1.54, 1.807) is 0 Å². The Balaban J connectivity index is 1.89. The van der Waals surface area contributed by atoms with Crippen molar-refractivity contribution in [2.24, 2.45) is 0 Å². The topological polar surface area (TPSA) is 27.7 Å². The minimum absolute atomic E-state index is 0.136. The van der Waals surface area contributed by atoms with E-state index in [0.717, 1.165) is 18.6 Å². The van der Waals surface area contributed by atoms with Gasteiger partial charge in [-0.25, -0.2) is 0 Å². The summed E-state index contributed by atoms with van der Waals surface area (Å²) in [6.45, 7) is 5.44. The van der Waals surface area contributed by atoms with Crippen LogP contribution >= 0.6 is 0 Å². The molecule has 2 rings (SSSR count). The molecule has 1 aliphatic heterocycles. The van der Waals surface area contributed by atoms with E-state index >= 15 is 0 Å². The van der Waals surface area contributed by atoms with Crippen molar-refractivity contribution in [1.82, 2.24) is 0 Å². The quantitative estimate of drug-likeness (QED) is 0.804. The molecule has 1 saturated heterocycles. The number of ether oxygens (including phenoxy) is 3. The molecule has 1 aromatic carbocycles. The third-order valence-electron chi connectivity index (χ3n) is 2.71. The fourth-order valence-corrected chi connectivity index (χ4v) is 1.80. The molecule has 2 unspecified atom stereocenters. The van der Waals surface area contributed by atoms with Gasteiger partial charge >= 0.3 is 0 Å². The average molecular weight is 236 g/mol. The summed E-state index contributed by atoms with van der Waals surface area (Å²) in [5.74, 6) is 0. The number of rotatable bonds is 4. The molecule has 2 atom stereocenters. The van der Waals surface area contributed by atoms with Crippen LogP contribution < -0.4 is 0 Å². The minimum atomic E-state index is -0.245. The van der Waals surface area contributed by atoms with Gasteiger partial charge in [0.25, 0.3) is 0 Å². The monoisotopic (exact) mass is 236 g/mol. The van der Waals surface area contributed by atoms with Crippen LogP contribution in [0.25, 0.3) is 0 Å². The van der Waals surface area contributed by atoms with Gasteiger partial charge in [-0.1, -0.05) is 30.3 Å². The Bertz CT molecular complexity index is 323. The Morgan fingerprint density at radius 3 is 2.76 bits per heavy atom. The smallest absolute Gasteiger partial charge is 0.184 e. The molecule has 0 amide bonds. The molecule has 0 bridgehead atoms. The van der Waals surface area contributed by atoms with Gasteiger partial charge in [-0.3, -0.25) is 0 Å². The summed E-state index contributed by atoms with van der Waals surface area (Å²) in [6.07, 6.45) is 1.04. The second-order valence-electron chi connectivity index (χ2n) is 4.54. The molecule has 0 radical (unpaired) electrons. The molecular weight excluding hydrogens is 216 g/mol. The van der Waals surface area contributed by atoms with Crippen LogP contribution in [0, 0.1) is 0 Å². The first-order valence-corrected chi connectivity index (χ1v) is 6.19. The highest BCUT2D eigenvalue weighted by Gasteiger charge is 2.24. The largest absolute Gasteiger partial charge is 0.376 e. The zero-order chi connectivity index (χ0) is 12.1. The van der Waals surface area contributed by atoms with Crippen molar-refractivity contribution < 1.29 is 14.2 Å². The normalized spacial score (nSPS) is 25.1. The summed E-state index contributed by atoms with van der Waals surface area (Å²) in [7, 11) is 0. The molecule has 3 nitrogen and oxygen atoms in total. The summed E-state index contributed by atoms with van der Waals surface area (Å²) in [6, 6.07) is 10.0. The molecule has 1 fully saturated rings. The fraction of sp³-hybridized carbons (Fsp3) is 0.571. The molecule has 17 heavy (non-hydrogen) atoms. The highest BCUT2D eigenvalue weighted by molar-refractivity contribution is 5.16. The van der Waals surface area contributed by atoms with E-state index in [1.807, 2.05) is 44.2 Å². The zero-order valence-electron chi connectivity index (χ0n) is 10.5. The lowest BCUT2D eigenvalue weighted by Gasteiger charge is -2.30. The van der Waals surface area contributed by atoms with Gasteiger partial charge in [0.2, 0.25) is 0 Å². The van der Waals surface area contributed by atoms with Crippen molar-refractivity contribution in [3.8, 4) is 0 Å². The second-order valence-corrected chi connectivity index (χ2v) is 4.54. The summed E-state index contributed by atoms with van der Waals surface area (Å²) < 4.78 is 17.1. The van der Waals surface area contributed by atoms with E-state index < -0.39 is 0 Å². The summed E-state index contributed by atoms with van der Waals surface area (Å²) in [5, 5.41) is 0. The van der Waals surface area contributed by atoms with Crippen LogP contribution in [-0.4, -0.2) is 25.4 Å². The van der Waals surface area contributed by atoms with Crippen LogP contribution in [0.15, 0.2) is 30.3 Å². The Kier molecular flexibility index (Phi) is 4.54. The molecule has 0 aliphatic carbocycles. The summed E-state index contributed by atoms with van der Waals surface area (Å²) in [5.41, 5.74) is 1.07. The molecule has 1 aliphatic rings. The highest BCUT2D eigenvalue weighted by atomic mass is 16.7. The first-order valence-electron chi connectivity index (χ1n) is 6.19. The van der Waals surface area contributed by atoms with Crippen molar-refractivity contribution in [2.45, 2.75) is 38.8 Å². The van der Waals surface area contributed by atoms with Gasteiger partial charge in [0.1, 0.15) is 0 Å². The van der Waals surface area contributed by atoms with Crippen molar-refractivity contribution in [2.75, 3.05) is 13.2 Å². The van der Waals surface area contributed by atoms with Crippen LogP contribution in [0.5, 0.6) is 0 Å². The van der Waals surface area contributed by atoms with Crippen molar-refractivity contribution in [1.29, 1.82) is 0 Å². The standard InChI is InChI=1S/C14H20O3/c1-11(2)16-10-13-8-9-15-14(17-13)12-6-4-3-5-7-12/h3-7,11,13-14H,8-10H2,1-2H3. The fourth-order valence-electron chi connectivity index (χ4n) is 1.80. The lowest BCUT2D eigenvalue weighted by molar-refractivity contribution is -0.229. The number of hydrogen-bond donors (Lipinski definition) is 0. The molecular formula is C14H20O3. The zero-order valence-corrected chi connectivity index (χ0v) is 10.5. The van der Waals surface area contributed by atoms with Crippen LogP contribution in [0.3, 0.4) is 0 Å². The van der Waals surface area contributed by atoms with Crippen LogP contribution in [0.1, 0.15) is 32.1 Å². The van der Waals surface area contributed by atoms with Gasteiger partial charge in [0, 0.05) is 5.56 Å². The Morgan fingerprint density at radius 2 is 2.06 bits per heavy atom. The van der Waals surface area contributed by atoms with Gasteiger partial charge in [-0.05, 0) is 20.3 Å². The maximum Gasteiger partial charge on any atom is 0.184 e. The number of hydrogen-bond acceptors (Lipinski definition) is 3. The van der Waals surface area contributed by atoms with Crippen molar-refractivity contribution in [3.63, 3.8) is 0 Å². The Morgan fingerprint density at radius 1 is 1.29 bits per heavy atom. The van der Waals surface area contributed by atoms with Crippen LogP contribution in [-0.2, 0) is 14.2 Å². The average Bonchev–Trinajstić information content (AvgIpc) is 2.38. The summed E-state index contributed by atoms with van der Waals surface area (Å²) >= 11 is 0. The maximum atomic E-state index is 5.88. The Labute approximate surface area is 103 Å². The molecule has 3 heteroatoms. The second kappa shape index (κ2) is 6.15. The van der Waals surface area contributed by atoms with E-state index in [4.69, 9.17) is 14.2 Å². The highest BCUT2D eigenvalue weighted by Crippen LogP contribution is 2.26. The first-order chi connectivity index (χ1) is 8.25. The van der Waals surface area contributed by atoms with E-state index in [2.05, 4.69) is 0 Å². The van der Waals surface area contributed by atoms with Crippen LogP contribution in [0.4, 0.5) is 0 Å². The lowest BCUT2D eigenvalue weighted by Crippen LogP contribution is -2.31. The third kappa shape index (κ3) is 3.80. The third-order valence-corrected chi connectivity index (χ3v) is 2.71. The van der Waals surface area contributed by atoms with Crippen LogP contribution in [0.2, 0.25) is 0 Å². The molecule has 0 saturated carbocycles. The predicted octanol–water partition coefficient (Wildman–Crippen LogP) is 2.92. The Hall–Kier alpha value is -0.900. The van der Waals surface area contributed by atoms with E-state index in [1.165, 1.54) is 0 Å². The summed E-state index contributed by atoms with van der Waals surface area (Å²) in [4.78, 5) is 0. The molecule has 0 spiro atoms. The predicted molar refractivity (Wildman–Crippen MR) is 65.7 cm³/mol. The lowest BCUT2D eigenvalue weighted by atomic mass is 10.2. The van der Waals surface area contributed by atoms with Gasteiger partial charge in [0.15, 0.2) is 6.29 Å². The first kappa shape index (κ1) is 12.6. The molecule has 1 heterocycles. The molecule has 0 aromatic heterocycles. The van der Waals surface area contributed by atoms with Crippen molar-refractivity contribution in [3.05, 3.63) is 35.9 Å². The SMILES string of the molecule is CC(C)OCC1CCOC(c2ccccc2)O1. The van der Waals surface area contributed by atoms with Gasteiger partial charge in [-0.15, -0.1) is 0 Å². The van der Waals surface area contributed by atoms with Gasteiger partial charge < -0.3 is 14.2 Å². The molecule has 1 aromatic rings. The molecule has 0 N–H and O–H groups in total. The van der Waals surface area contributed by atoms with Gasteiger partial charge in [-0.2, -0.15) is 0 Å². The van der Waals surface area contributed by atoms with Crippen molar-refractivity contribution >= 4 is 0 Å². The van der Waals surface area contributed by atoms with Gasteiger partial charge in [0.05, 0.1) is 25.4 Å². The van der Waals surface area contributed by atoms with E-state index in [0.29, 0.717) is 6.61 Å². The van der Waals surface area contributed by atoms with E-state index in [9.17, 15) is 0 Å². The minimum Gasteiger partial charge on any atom is -0.376 e. The maximum absolute atomic E-state index is 5.88.